The quantitative estimate of drug-likeness (QED) is 0.778. The van der Waals surface area contributed by atoms with Gasteiger partial charge in [-0.15, -0.1) is 11.3 Å². The molecule has 5 nitrogen and oxygen atoms in total. The smallest absolute Gasteiger partial charge is 0.312 e. The Morgan fingerprint density at radius 3 is 2.20 bits per heavy atom. The van der Waals surface area contributed by atoms with E-state index in [4.69, 9.17) is 5.73 Å². The number of thiophene rings is 1. The van der Waals surface area contributed by atoms with Gasteiger partial charge in [0.1, 0.15) is 6.04 Å². The van der Waals surface area contributed by atoms with Crippen LogP contribution in [-0.4, -0.2) is 18.0 Å². The van der Waals surface area contributed by atoms with Crippen LogP contribution >= 0.6 is 11.3 Å². The van der Waals surface area contributed by atoms with E-state index in [1.54, 1.807) is 18.3 Å². The van der Waals surface area contributed by atoms with Crippen molar-refractivity contribution in [2.24, 2.45) is 11.7 Å². The standard InChI is InChI=1S/C14H23N3O2S/c1-7(2)12(11-6-8(3)20-10(11)5)17-13(18)9(4)16-14(15)19/h6-7,9,12H,1-5H3,(H,17,18)(H3,15,16,19)/t9-,12-/m0/s1. The molecule has 20 heavy (non-hydrogen) atoms. The monoisotopic (exact) mass is 297 g/mol. The second kappa shape index (κ2) is 6.74. The minimum absolute atomic E-state index is 0.0652. The molecule has 0 aliphatic rings. The number of rotatable bonds is 5. The number of carbonyl (C=O) groups is 2. The fourth-order valence-electron chi connectivity index (χ4n) is 2.12. The first-order valence-corrected chi connectivity index (χ1v) is 7.47. The van der Waals surface area contributed by atoms with Crippen LogP contribution in [0.4, 0.5) is 4.79 Å². The lowest BCUT2D eigenvalue weighted by molar-refractivity contribution is -0.123. The molecule has 0 saturated carbocycles. The van der Waals surface area contributed by atoms with Crippen LogP contribution in [0.15, 0.2) is 6.07 Å². The van der Waals surface area contributed by atoms with Crippen LogP contribution in [0.25, 0.3) is 0 Å². The number of hydrogen-bond acceptors (Lipinski definition) is 3. The van der Waals surface area contributed by atoms with Gasteiger partial charge in [-0.05, 0) is 38.3 Å². The van der Waals surface area contributed by atoms with Gasteiger partial charge in [-0.1, -0.05) is 13.8 Å². The lowest BCUT2D eigenvalue weighted by Gasteiger charge is -2.24. The zero-order valence-electron chi connectivity index (χ0n) is 12.6. The summed E-state index contributed by atoms with van der Waals surface area (Å²) >= 11 is 1.72. The fourth-order valence-corrected chi connectivity index (χ4v) is 3.09. The van der Waals surface area contributed by atoms with E-state index in [0.717, 1.165) is 5.56 Å². The third-order valence-electron chi connectivity index (χ3n) is 3.13. The molecule has 1 aromatic heterocycles. The Morgan fingerprint density at radius 2 is 1.80 bits per heavy atom. The van der Waals surface area contributed by atoms with Crippen LogP contribution in [0.1, 0.15) is 42.1 Å². The number of carbonyl (C=O) groups excluding carboxylic acids is 2. The zero-order valence-corrected chi connectivity index (χ0v) is 13.4. The molecule has 1 heterocycles. The number of nitrogens with one attached hydrogen (secondary N) is 2. The van der Waals surface area contributed by atoms with E-state index in [9.17, 15) is 9.59 Å². The van der Waals surface area contributed by atoms with E-state index in [2.05, 4.69) is 44.4 Å². The van der Waals surface area contributed by atoms with E-state index in [0.29, 0.717) is 0 Å². The van der Waals surface area contributed by atoms with Crippen LogP contribution in [-0.2, 0) is 4.79 Å². The number of aryl methyl sites for hydroxylation is 2. The molecule has 0 aliphatic heterocycles. The Balaban J connectivity index is 2.86. The lowest BCUT2D eigenvalue weighted by atomic mass is 9.96. The first-order valence-electron chi connectivity index (χ1n) is 6.65. The predicted octanol–water partition coefficient (Wildman–Crippen LogP) is 2.24. The minimum atomic E-state index is -0.698. The fraction of sp³-hybridized carbons (Fsp3) is 0.571. The van der Waals surface area contributed by atoms with Crippen LogP contribution in [0.3, 0.4) is 0 Å². The highest BCUT2D eigenvalue weighted by molar-refractivity contribution is 7.12. The molecule has 3 amide bonds. The van der Waals surface area contributed by atoms with Crippen molar-refractivity contribution in [2.45, 2.75) is 46.7 Å². The number of nitrogens with two attached hydrogens (primary N) is 1. The molecule has 0 unspecified atom stereocenters. The average Bonchev–Trinajstić information content (AvgIpc) is 2.63. The molecule has 0 spiro atoms. The number of hydrogen-bond donors (Lipinski definition) is 3. The van der Waals surface area contributed by atoms with Crippen molar-refractivity contribution in [1.29, 1.82) is 0 Å². The van der Waals surface area contributed by atoms with Gasteiger partial charge in [-0.3, -0.25) is 4.79 Å². The van der Waals surface area contributed by atoms with E-state index in [1.807, 2.05) is 0 Å². The van der Waals surface area contributed by atoms with E-state index in [-0.39, 0.29) is 17.9 Å². The Bertz CT molecular complexity index is 497. The van der Waals surface area contributed by atoms with Gasteiger partial charge in [-0.2, -0.15) is 0 Å². The maximum Gasteiger partial charge on any atom is 0.312 e. The molecule has 0 aliphatic carbocycles. The van der Waals surface area contributed by atoms with Crippen LogP contribution < -0.4 is 16.4 Å². The Labute approximate surface area is 123 Å². The summed E-state index contributed by atoms with van der Waals surface area (Å²) in [4.78, 5) is 25.3. The maximum atomic E-state index is 12.1. The van der Waals surface area contributed by atoms with Crippen molar-refractivity contribution < 1.29 is 9.59 Å². The molecule has 0 bridgehead atoms. The van der Waals surface area contributed by atoms with E-state index < -0.39 is 12.1 Å². The second-order valence-electron chi connectivity index (χ2n) is 5.33. The third kappa shape index (κ3) is 4.23. The molecule has 112 valence electrons. The van der Waals surface area contributed by atoms with Crippen LogP contribution in [0.5, 0.6) is 0 Å². The summed E-state index contributed by atoms with van der Waals surface area (Å²) < 4.78 is 0. The highest BCUT2D eigenvalue weighted by atomic mass is 32.1. The van der Waals surface area contributed by atoms with Gasteiger partial charge in [0, 0.05) is 9.75 Å². The number of primary amides is 1. The molecule has 2 atom stereocenters. The SMILES string of the molecule is Cc1cc([C@@H](NC(=O)[C@H](C)NC(N)=O)C(C)C)c(C)s1. The molecule has 0 saturated heterocycles. The molecule has 6 heteroatoms. The van der Waals surface area contributed by atoms with Crippen molar-refractivity contribution in [1.82, 2.24) is 10.6 Å². The highest BCUT2D eigenvalue weighted by Crippen LogP contribution is 2.30. The molecule has 0 radical (unpaired) electrons. The normalized spacial score (nSPS) is 13.9. The first-order chi connectivity index (χ1) is 9.22. The van der Waals surface area contributed by atoms with Gasteiger partial charge in [0.2, 0.25) is 5.91 Å². The molecule has 1 aromatic rings. The summed E-state index contributed by atoms with van der Waals surface area (Å²) in [6, 6.07) is 0.701. The Hall–Kier alpha value is -1.56. The summed E-state index contributed by atoms with van der Waals surface area (Å²) in [5.41, 5.74) is 6.17. The molecule has 0 aromatic carbocycles. The maximum absolute atomic E-state index is 12.1. The molecular formula is C14H23N3O2S. The van der Waals surface area contributed by atoms with Gasteiger partial charge >= 0.3 is 6.03 Å². The van der Waals surface area contributed by atoms with Crippen molar-refractivity contribution in [2.75, 3.05) is 0 Å². The second-order valence-corrected chi connectivity index (χ2v) is 6.79. The molecule has 1 rings (SSSR count). The largest absolute Gasteiger partial charge is 0.352 e. The van der Waals surface area contributed by atoms with Gasteiger partial charge in [0.05, 0.1) is 6.04 Å². The first kappa shape index (κ1) is 16.5. The molecule has 4 N–H and O–H groups in total. The average molecular weight is 297 g/mol. The van der Waals surface area contributed by atoms with Gasteiger partial charge in [0.25, 0.3) is 0 Å². The van der Waals surface area contributed by atoms with Crippen LogP contribution in [0.2, 0.25) is 0 Å². The van der Waals surface area contributed by atoms with Crippen molar-refractivity contribution in [3.63, 3.8) is 0 Å². The van der Waals surface area contributed by atoms with Gasteiger partial charge in [-0.25, -0.2) is 4.79 Å². The summed E-state index contributed by atoms with van der Waals surface area (Å²) in [5, 5.41) is 5.38. The van der Waals surface area contributed by atoms with E-state index >= 15 is 0 Å². The zero-order chi connectivity index (χ0) is 15.4. The highest BCUT2D eigenvalue weighted by Gasteiger charge is 2.24. The summed E-state index contributed by atoms with van der Waals surface area (Å²) in [6.45, 7) is 9.84. The Kier molecular flexibility index (Phi) is 5.56. The van der Waals surface area contributed by atoms with Crippen molar-refractivity contribution in [3.8, 4) is 0 Å². The summed E-state index contributed by atoms with van der Waals surface area (Å²) in [7, 11) is 0. The summed E-state index contributed by atoms with van der Waals surface area (Å²) in [5.74, 6) is 0.0261. The number of amides is 3. The minimum Gasteiger partial charge on any atom is -0.352 e. The molecular weight excluding hydrogens is 274 g/mol. The lowest BCUT2D eigenvalue weighted by Crippen LogP contribution is -2.48. The molecule has 0 fully saturated rings. The topological polar surface area (TPSA) is 84.2 Å². The van der Waals surface area contributed by atoms with Crippen molar-refractivity contribution >= 4 is 23.3 Å². The van der Waals surface area contributed by atoms with Gasteiger partial charge in [0.15, 0.2) is 0 Å². The predicted molar refractivity (Wildman–Crippen MR) is 81.7 cm³/mol. The van der Waals surface area contributed by atoms with E-state index in [1.165, 1.54) is 9.75 Å². The summed E-state index contributed by atoms with van der Waals surface area (Å²) in [6.07, 6.45) is 0. The Morgan fingerprint density at radius 1 is 1.20 bits per heavy atom. The van der Waals surface area contributed by atoms with Crippen molar-refractivity contribution in [3.05, 3.63) is 21.4 Å². The third-order valence-corrected chi connectivity index (χ3v) is 4.11. The van der Waals surface area contributed by atoms with Gasteiger partial charge < -0.3 is 16.4 Å². The van der Waals surface area contributed by atoms with Crippen LogP contribution in [0, 0.1) is 19.8 Å². The number of urea groups is 1.